The number of hydrogen-bond acceptors (Lipinski definition) is 4. The summed E-state index contributed by atoms with van der Waals surface area (Å²) in [6.45, 7) is 2.10. The zero-order chi connectivity index (χ0) is 20.9. The molecule has 0 aromatic heterocycles. The quantitative estimate of drug-likeness (QED) is 0.338. The van der Waals surface area contributed by atoms with Crippen molar-refractivity contribution in [1.82, 2.24) is 0 Å². The summed E-state index contributed by atoms with van der Waals surface area (Å²) >= 11 is 0. The average Bonchev–Trinajstić information content (AvgIpc) is 2.75. The number of carbonyl (C=O) groups is 2. The van der Waals surface area contributed by atoms with Crippen LogP contribution in [0.1, 0.15) is 19.8 Å². The third-order valence-corrected chi connectivity index (χ3v) is 5.92. The van der Waals surface area contributed by atoms with Crippen LogP contribution in [0.15, 0.2) is 106 Å². The van der Waals surface area contributed by atoms with Gasteiger partial charge in [0.1, 0.15) is 0 Å². The monoisotopic (exact) mass is 408 g/mol. The highest BCUT2D eigenvalue weighted by molar-refractivity contribution is 7.97. The normalized spacial score (nSPS) is 10.0. The van der Waals surface area contributed by atoms with E-state index in [1.807, 2.05) is 6.92 Å². The Balaban J connectivity index is 0.000000257. The first-order chi connectivity index (χ1) is 14.1. The Bertz CT molecular complexity index is 773. The van der Waals surface area contributed by atoms with Gasteiger partial charge in [0.25, 0.3) is 0 Å². The van der Waals surface area contributed by atoms with E-state index in [0.29, 0.717) is 6.42 Å². The minimum absolute atomic E-state index is 0.0146. The lowest BCUT2D eigenvalue weighted by Gasteiger charge is -2.07. The molecule has 0 heterocycles. The van der Waals surface area contributed by atoms with Gasteiger partial charge < -0.3 is 14.6 Å². The van der Waals surface area contributed by atoms with Gasteiger partial charge in [-0.05, 0) is 42.8 Å². The molecule has 3 aromatic carbocycles. The molecule has 0 spiro atoms. The van der Waals surface area contributed by atoms with Crippen LogP contribution >= 0.6 is 0 Å². The molecule has 0 N–H and O–H groups in total. The highest BCUT2D eigenvalue weighted by Gasteiger charge is 2.27. The SMILES string of the molecule is CCCOC(=O)CC(=O)[O-].c1ccc([S+](c2ccccc2)c2ccccc2)cc1. The predicted octanol–water partition coefficient (Wildman–Crippen LogP) is 3.86. The summed E-state index contributed by atoms with van der Waals surface area (Å²) in [4.78, 5) is 24.2. The van der Waals surface area contributed by atoms with E-state index in [-0.39, 0.29) is 17.5 Å². The van der Waals surface area contributed by atoms with Gasteiger partial charge in [-0.15, -0.1) is 0 Å². The molecule has 4 nitrogen and oxygen atoms in total. The van der Waals surface area contributed by atoms with E-state index in [1.54, 1.807) is 0 Å². The number of aliphatic carboxylic acids is 1. The maximum atomic E-state index is 10.4. The van der Waals surface area contributed by atoms with Crippen LogP contribution in [-0.2, 0) is 25.2 Å². The molecule has 0 amide bonds. The van der Waals surface area contributed by atoms with Crippen molar-refractivity contribution >= 4 is 22.8 Å². The molecule has 0 aliphatic rings. The molecule has 150 valence electrons. The number of esters is 1. The Hall–Kier alpha value is -3.05. The van der Waals surface area contributed by atoms with Crippen molar-refractivity contribution in [2.24, 2.45) is 0 Å². The minimum Gasteiger partial charge on any atom is -0.550 e. The molecular weight excluding hydrogens is 384 g/mol. The molecule has 3 rings (SSSR count). The van der Waals surface area contributed by atoms with Crippen LogP contribution in [0.25, 0.3) is 0 Å². The zero-order valence-corrected chi connectivity index (χ0v) is 17.1. The smallest absolute Gasteiger partial charge is 0.311 e. The lowest BCUT2D eigenvalue weighted by Crippen LogP contribution is -2.26. The second kappa shape index (κ2) is 12.4. The van der Waals surface area contributed by atoms with Gasteiger partial charge in [-0.1, -0.05) is 61.5 Å². The Labute approximate surface area is 174 Å². The molecule has 0 saturated heterocycles. The van der Waals surface area contributed by atoms with Crippen LogP contribution in [0.4, 0.5) is 0 Å². The minimum atomic E-state index is -1.40. The Morgan fingerprint density at radius 3 is 1.45 bits per heavy atom. The molecule has 0 bridgehead atoms. The summed E-state index contributed by atoms with van der Waals surface area (Å²) < 4.78 is 4.44. The van der Waals surface area contributed by atoms with Gasteiger partial charge in [-0.25, -0.2) is 0 Å². The second-order valence-electron chi connectivity index (χ2n) is 6.01. The van der Waals surface area contributed by atoms with Crippen molar-refractivity contribution < 1.29 is 19.4 Å². The maximum absolute atomic E-state index is 10.4. The van der Waals surface area contributed by atoms with Crippen molar-refractivity contribution in [2.45, 2.75) is 34.5 Å². The van der Waals surface area contributed by atoms with Crippen LogP contribution in [0, 0.1) is 0 Å². The maximum Gasteiger partial charge on any atom is 0.311 e. The van der Waals surface area contributed by atoms with Gasteiger partial charge in [0.15, 0.2) is 14.7 Å². The number of rotatable bonds is 7. The fraction of sp³-hybridized carbons (Fsp3) is 0.167. The first-order valence-corrected chi connectivity index (χ1v) is 10.6. The van der Waals surface area contributed by atoms with E-state index in [4.69, 9.17) is 0 Å². The fourth-order valence-corrected chi connectivity index (χ4v) is 4.57. The summed E-state index contributed by atoms with van der Waals surface area (Å²) in [5.74, 6) is -2.14. The van der Waals surface area contributed by atoms with E-state index in [9.17, 15) is 14.7 Å². The van der Waals surface area contributed by atoms with Crippen LogP contribution in [0.2, 0.25) is 0 Å². The predicted molar refractivity (Wildman–Crippen MR) is 112 cm³/mol. The van der Waals surface area contributed by atoms with Crippen LogP contribution < -0.4 is 5.11 Å². The highest BCUT2D eigenvalue weighted by atomic mass is 32.2. The average molecular weight is 409 g/mol. The van der Waals surface area contributed by atoms with Crippen molar-refractivity contribution in [3.8, 4) is 0 Å². The molecule has 0 unspecified atom stereocenters. The Morgan fingerprint density at radius 2 is 1.14 bits per heavy atom. The molecule has 0 aliphatic heterocycles. The lowest BCUT2D eigenvalue weighted by molar-refractivity contribution is -0.305. The van der Waals surface area contributed by atoms with Crippen LogP contribution in [-0.4, -0.2) is 18.5 Å². The van der Waals surface area contributed by atoms with Crippen molar-refractivity contribution in [3.05, 3.63) is 91.0 Å². The molecule has 5 heteroatoms. The number of ether oxygens (including phenoxy) is 1. The molecule has 0 atom stereocenters. The van der Waals surface area contributed by atoms with Gasteiger partial charge in [-0.2, -0.15) is 0 Å². The van der Waals surface area contributed by atoms with Crippen LogP contribution in [0.5, 0.6) is 0 Å². The third-order valence-electron chi connectivity index (χ3n) is 3.69. The van der Waals surface area contributed by atoms with E-state index in [0.717, 1.165) is 0 Å². The molecule has 0 fully saturated rings. The van der Waals surface area contributed by atoms with E-state index >= 15 is 0 Å². The summed E-state index contributed by atoms with van der Waals surface area (Å²) in [5.41, 5.74) is 0. The summed E-state index contributed by atoms with van der Waals surface area (Å²) in [6, 6.07) is 32.2. The number of hydrogen-bond donors (Lipinski definition) is 0. The van der Waals surface area contributed by atoms with Gasteiger partial charge in [0.05, 0.1) is 29.9 Å². The first kappa shape index (κ1) is 22.2. The van der Waals surface area contributed by atoms with Gasteiger partial charge >= 0.3 is 5.97 Å². The molecular formula is C24H24O4S. The molecule has 0 radical (unpaired) electrons. The number of carboxylic acid groups (broad SMARTS) is 1. The van der Waals surface area contributed by atoms with Crippen molar-refractivity contribution in [2.75, 3.05) is 6.61 Å². The Kier molecular flexibility index (Phi) is 9.52. The number of carbonyl (C=O) groups excluding carboxylic acids is 2. The fourth-order valence-electron chi connectivity index (χ4n) is 2.46. The van der Waals surface area contributed by atoms with Crippen molar-refractivity contribution in [3.63, 3.8) is 0 Å². The Morgan fingerprint density at radius 1 is 0.759 bits per heavy atom. The largest absolute Gasteiger partial charge is 0.550 e. The molecule has 29 heavy (non-hydrogen) atoms. The van der Waals surface area contributed by atoms with Gasteiger partial charge in [-0.3, -0.25) is 4.79 Å². The molecule has 0 saturated carbocycles. The molecule has 0 aliphatic carbocycles. The second-order valence-corrected chi connectivity index (χ2v) is 8.04. The lowest BCUT2D eigenvalue weighted by atomic mass is 10.4. The van der Waals surface area contributed by atoms with Crippen LogP contribution in [0.3, 0.4) is 0 Å². The van der Waals surface area contributed by atoms with E-state index in [2.05, 4.69) is 95.7 Å². The third kappa shape index (κ3) is 7.84. The van der Waals surface area contributed by atoms with Gasteiger partial charge in [0, 0.05) is 0 Å². The van der Waals surface area contributed by atoms with Gasteiger partial charge in [0.2, 0.25) is 0 Å². The van der Waals surface area contributed by atoms with E-state index in [1.165, 1.54) is 14.7 Å². The van der Waals surface area contributed by atoms with Crippen molar-refractivity contribution in [1.29, 1.82) is 0 Å². The van der Waals surface area contributed by atoms with E-state index < -0.39 is 18.4 Å². The summed E-state index contributed by atoms with van der Waals surface area (Å²) in [6.07, 6.45) is 0.0405. The molecule has 3 aromatic rings. The standard InChI is InChI=1S/C18H15S.C6H10O4/c1-4-10-16(11-5-1)19(17-12-6-2-7-13-17)18-14-8-3-9-15-18;1-2-3-10-6(9)4-5(7)8/h1-15H;2-4H2,1H3,(H,7,8)/q+1;/p-1. The first-order valence-electron chi connectivity index (χ1n) is 9.36. The topological polar surface area (TPSA) is 66.4 Å². The summed E-state index contributed by atoms with van der Waals surface area (Å²) in [5, 5.41) is 9.76. The highest BCUT2D eigenvalue weighted by Crippen LogP contribution is 2.30. The number of benzene rings is 3. The zero-order valence-electron chi connectivity index (χ0n) is 16.3. The number of carboxylic acids is 1. The summed E-state index contributed by atoms with van der Waals surface area (Å²) in [7, 11) is -0.0146.